The van der Waals surface area contributed by atoms with Gasteiger partial charge in [0.15, 0.2) is 6.10 Å². The second-order valence-corrected chi connectivity index (χ2v) is 6.84. The third kappa shape index (κ3) is 4.93. The highest BCUT2D eigenvalue weighted by Crippen LogP contribution is 2.19. The van der Waals surface area contributed by atoms with Crippen LogP contribution in [0.25, 0.3) is 0 Å². The van der Waals surface area contributed by atoms with Crippen molar-refractivity contribution in [2.75, 3.05) is 0 Å². The molecule has 1 aromatic carbocycles. The number of nitrogens with zero attached hydrogens (tertiary/aromatic N) is 1. The molecule has 0 saturated heterocycles. The Morgan fingerprint density at radius 2 is 1.93 bits per heavy atom. The summed E-state index contributed by atoms with van der Waals surface area (Å²) in [4.78, 5) is 24.8. The Morgan fingerprint density at radius 3 is 2.59 bits per heavy atom. The largest absolute Gasteiger partial charge is 0.467 e. The minimum atomic E-state index is -0.962. The van der Waals surface area contributed by atoms with Gasteiger partial charge < -0.3 is 19.0 Å². The molecule has 3 rings (SSSR count). The fraction of sp³-hybridized carbons (Fsp3) is 0.273. The standard InChI is InChI=1S/C22H23FN2O4/c1-14-11-20(15(2)25(14)13-19-5-4-10-28-19)22(27)29-16(3)21(26)24-12-17-6-8-18(23)9-7-17/h4-11,16H,12-13H2,1-3H3,(H,24,26)/t16-/m1/s1. The molecular formula is C22H23FN2O4. The second kappa shape index (κ2) is 8.77. The van der Waals surface area contributed by atoms with E-state index in [-0.39, 0.29) is 12.4 Å². The first-order valence-corrected chi connectivity index (χ1v) is 9.27. The molecule has 0 spiro atoms. The average molecular weight is 398 g/mol. The predicted molar refractivity (Wildman–Crippen MR) is 105 cm³/mol. The lowest BCUT2D eigenvalue weighted by Crippen LogP contribution is -2.35. The van der Waals surface area contributed by atoms with Gasteiger partial charge in [-0.25, -0.2) is 9.18 Å². The van der Waals surface area contributed by atoms with Crippen molar-refractivity contribution in [3.63, 3.8) is 0 Å². The number of aromatic nitrogens is 1. The number of halogens is 1. The van der Waals surface area contributed by atoms with Gasteiger partial charge in [-0.1, -0.05) is 12.1 Å². The number of ether oxygens (including phenoxy) is 1. The summed E-state index contributed by atoms with van der Waals surface area (Å²) in [5.41, 5.74) is 2.79. The van der Waals surface area contributed by atoms with Crippen LogP contribution in [0.2, 0.25) is 0 Å². The zero-order chi connectivity index (χ0) is 21.0. The number of carbonyl (C=O) groups excluding carboxylic acids is 2. The number of aryl methyl sites for hydroxylation is 1. The molecule has 29 heavy (non-hydrogen) atoms. The number of furan rings is 1. The van der Waals surface area contributed by atoms with Crippen molar-refractivity contribution in [3.8, 4) is 0 Å². The number of nitrogens with one attached hydrogen (secondary N) is 1. The molecule has 0 bridgehead atoms. The van der Waals surface area contributed by atoms with E-state index in [9.17, 15) is 14.0 Å². The first-order chi connectivity index (χ1) is 13.8. The van der Waals surface area contributed by atoms with Gasteiger partial charge in [0.25, 0.3) is 5.91 Å². The number of hydrogen-bond acceptors (Lipinski definition) is 4. The Bertz CT molecular complexity index is 991. The van der Waals surface area contributed by atoms with E-state index < -0.39 is 18.0 Å². The molecular weight excluding hydrogens is 375 g/mol. The molecule has 0 aliphatic heterocycles. The topological polar surface area (TPSA) is 73.5 Å². The lowest BCUT2D eigenvalue weighted by Gasteiger charge is -2.14. The lowest BCUT2D eigenvalue weighted by molar-refractivity contribution is -0.129. The number of esters is 1. The highest BCUT2D eigenvalue weighted by atomic mass is 19.1. The molecule has 1 atom stereocenters. The van der Waals surface area contributed by atoms with Gasteiger partial charge in [-0.3, -0.25) is 4.79 Å². The van der Waals surface area contributed by atoms with E-state index in [1.54, 1.807) is 24.5 Å². The van der Waals surface area contributed by atoms with Crippen molar-refractivity contribution >= 4 is 11.9 Å². The van der Waals surface area contributed by atoms with E-state index in [0.29, 0.717) is 12.1 Å². The number of carbonyl (C=O) groups is 2. The first-order valence-electron chi connectivity index (χ1n) is 9.27. The maximum atomic E-state index is 12.9. The SMILES string of the molecule is Cc1cc(C(=O)O[C@H](C)C(=O)NCc2ccc(F)cc2)c(C)n1Cc1ccco1. The zero-order valence-electron chi connectivity index (χ0n) is 16.6. The number of amides is 1. The van der Waals surface area contributed by atoms with Crippen molar-refractivity contribution in [2.24, 2.45) is 0 Å². The van der Waals surface area contributed by atoms with Gasteiger partial charge >= 0.3 is 5.97 Å². The van der Waals surface area contributed by atoms with Gasteiger partial charge in [0.2, 0.25) is 0 Å². The molecule has 7 heteroatoms. The second-order valence-electron chi connectivity index (χ2n) is 6.84. The highest BCUT2D eigenvalue weighted by molar-refractivity contribution is 5.93. The van der Waals surface area contributed by atoms with Crippen LogP contribution in [0.5, 0.6) is 0 Å². The normalized spacial score (nSPS) is 11.9. The Morgan fingerprint density at radius 1 is 1.21 bits per heavy atom. The molecule has 6 nitrogen and oxygen atoms in total. The summed E-state index contributed by atoms with van der Waals surface area (Å²) >= 11 is 0. The lowest BCUT2D eigenvalue weighted by atomic mass is 10.2. The van der Waals surface area contributed by atoms with Crippen molar-refractivity contribution in [1.82, 2.24) is 9.88 Å². The molecule has 2 aromatic heterocycles. The smallest absolute Gasteiger partial charge is 0.340 e. The van der Waals surface area contributed by atoms with Crippen LogP contribution in [-0.2, 0) is 22.6 Å². The van der Waals surface area contributed by atoms with E-state index in [1.165, 1.54) is 19.1 Å². The third-order valence-electron chi connectivity index (χ3n) is 4.72. The summed E-state index contributed by atoms with van der Waals surface area (Å²) in [7, 11) is 0. The van der Waals surface area contributed by atoms with Crippen LogP contribution in [0.1, 0.15) is 40.0 Å². The molecule has 0 aliphatic rings. The van der Waals surface area contributed by atoms with E-state index in [1.807, 2.05) is 30.5 Å². The van der Waals surface area contributed by atoms with E-state index in [4.69, 9.17) is 9.15 Å². The van der Waals surface area contributed by atoms with Gasteiger partial charge in [-0.05, 0) is 56.7 Å². The Balaban J connectivity index is 1.60. The number of rotatable bonds is 7. The molecule has 1 N–H and O–H groups in total. The van der Waals surface area contributed by atoms with Gasteiger partial charge in [0.05, 0.1) is 18.4 Å². The van der Waals surface area contributed by atoms with Gasteiger partial charge in [0.1, 0.15) is 11.6 Å². The average Bonchev–Trinajstić information content (AvgIpc) is 3.31. The van der Waals surface area contributed by atoms with Crippen molar-refractivity contribution in [1.29, 1.82) is 0 Å². The highest BCUT2D eigenvalue weighted by Gasteiger charge is 2.22. The fourth-order valence-corrected chi connectivity index (χ4v) is 3.02. The Kier molecular flexibility index (Phi) is 6.16. The molecule has 0 aliphatic carbocycles. The molecule has 0 fully saturated rings. The molecule has 3 aromatic rings. The van der Waals surface area contributed by atoms with Crippen molar-refractivity contribution < 1.29 is 23.1 Å². The monoisotopic (exact) mass is 398 g/mol. The van der Waals surface area contributed by atoms with Crippen LogP contribution in [0.15, 0.2) is 53.1 Å². The van der Waals surface area contributed by atoms with Crippen LogP contribution in [0.3, 0.4) is 0 Å². The van der Waals surface area contributed by atoms with Crippen molar-refractivity contribution in [3.05, 3.63) is 82.8 Å². The number of benzene rings is 1. The summed E-state index contributed by atoms with van der Waals surface area (Å²) in [6.45, 7) is 5.96. The Hall–Kier alpha value is -3.35. The zero-order valence-corrected chi connectivity index (χ0v) is 16.6. The Labute approximate surface area is 168 Å². The molecule has 1 amide bonds. The van der Waals surface area contributed by atoms with Crippen LogP contribution in [0.4, 0.5) is 4.39 Å². The van der Waals surface area contributed by atoms with E-state index in [2.05, 4.69) is 5.32 Å². The van der Waals surface area contributed by atoms with Gasteiger partial charge in [0, 0.05) is 17.9 Å². The molecule has 2 heterocycles. The van der Waals surface area contributed by atoms with E-state index in [0.717, 1.165) is 22.7 Å². The quantitative estimate of drug-likeness (QED) is 0.615. The van der Waals surface area contributed by atoms with Gasteiger partial charge in [-0.15, -0.1) is 0 Å². The molecule has 0 saturated carbocycles. The first kappa shape index (κ1) is 20.4. The summed E-state index contributed by atoms with van der Waals surface area (Å²) in [5, 5.41) is 2.68. The minimum absolute atomic E-state index is 0.221. The molecule has 0 radical (unpaired) electrons. The summed E-state index contributed by atoms with van der Waals surface area (Å²) in [6, 6.07) is 11.2. The summed E-state index contributed by atoms with van der Waals surface area (Å²) in [6.07, 6.45) is 0.640. The minimum Gasteiger partial charge on any atom is -0.467 e. The number of hydrogen-bond donors (Lipinski definition) is 1. The predicted octanol–water partition coefficient (Wildman–Crippen LogP) is 3.75. The van der Waals surface area contributed by atoms with Crippen LogP contribution in [-0.4, -0.2) is 22.5 Å². The maximum absolute atomic E-state index is 12.9. The van der Waals surface area contributed by atoms with Crippen LogP contribution >= 0.6 is 0 Å². The summed E-state index contributed by atoms with van der Waals surface area (Å²) < 4.78 is 25.6. The third-order valence-corrected chi connectivity index (χ3v) is 4.72. The maximum Gasteiger partial charge on any atom is 0.340 e. The van der Waals surface area contributed by atoms with Gasteiger partial charge in [-0.2, -0.15) is 0 Å². The van der Waals surface area contributed by atoms with Crippen LogP contribution in [0, 0.1) is 19.7 Å². The molecule has 152 valence electrons. The summed E-state index contributed by atoms with van der Waals surface area (Å²) in [5.74, 6) is -0.549. The van der Waals surface area contributed by atoms with Crippen molar-refractivity contribution in [2.45, 2.75) is 40.0 Å². The van der Waals surface area contributed by atoms with E-state index >= 15 is 0 Å². The van der Waals surface area contributed by atoms with Crippen LogP contribution < -0.4 is 5.32 Å². The fourth-order valence-electron chi connectivity index (χ4n) is 3.02. The molecule has 0 unspecified atom stereocenters.